The number of benzene rings is 1. The topological polar surface area (TPSA) is 115 Å². The maximum atomic E-state index is 11.1. The highest BCUT2D eigenvalue weighted by Crippen LogP contribution is 2.38. The van der Waals surface area contributed by atoms with E-state index in [4.69, 9.17) is 15.7 Å². The largest absolute Gasteiger partial charge is 0.429 e. The molecule has 0 aliphatic rings. The third-order valence-electron chi connectivity index (χ3n) is 2.38. The number of rotatable bonds is 3. The monoisotopic (exact) mass is 460 g/mol. The highest BCUT2D eigenvalue weighted by atomic mass is 127. The molecule has 0 saturated heterocycles. The van der Waals surface area contributed by atoms with E-state index >= 15 is 0 Å². The Morgan fingerprint density at radius 2 is 2.19 bits per heavy atom. The Bertz CT molecular complexity index is 776. The van der Waals surface area contributed by atoms with Crippen molar-refractivity contribution in [3.63, 3.8) is 0 Å². The summed E-state index contributed by atoms with van der Waals surface area (Å²) in [6.07, 6.45) is 1.38. The molecule has 1 aromatic heterocycles. The molecule has 106 valence electrons. The number of aromatic nitrogens is 1. The molecule has 0 aliphatic carbocycles. The third kappa shape index (κ3) is 3.40. The Kier molecular flexibility index (Phi) is 4.59. The molecule has 0 fully saturated rings. The minimum atomic E-state index is -0.608. The number of nitrogens with two attached hydrogens (primary N) is 1. The van der Waals surface area contributed by atoms with Crippen LogP contribution in [0, 0.1) is 25.0 Å². The highest BCUT2D eigenvalue weighted by Gasteiger charge is 2.22. The minimum Gasteiger partial charge on any atom is -0.429 e. The van der Waals surface area contributed by atoms with E-state index in [-0.39, 0.29) is 22.9 Å². The number of nitriles is 1. The summed E-state index contributed by atoms with van der Waals surface area (Å²) >= 11 is 5.09. The van der Waals surface area contributed by atoms with Crippen molar-refractivity contribution in [3.05, 3.63) is 48.1 Å². The Labute approximate surface area is 141 Å². The maximum Gasteiger partial charge on any atom is 0.314 e. The van der Waals surface area contributed by atoms with Crippen LogP contribution in [0.5, 0.6) is 11.6 Å². The molecular weight excluding hydrogens is 455 g/mol. The van der Waals surface area contributed by atoms with Crippen LogP contribution in [0.4, 0.5) is 11.4 Å². The first-order valence-corrected chi connectivity index (χ1v) is 7.26. The van der Waals surface area contributed by atoms with Gasteiger partial charge in [-0.2, -0.15) is 5.26 Å². The van der Waals surface area contributed by atoms with Gasteiger partial charge >= 0.3 is 5.69 Å². The Balaban J connectivity index is 2.53. The number of hydrogen-bond acceptors (Lipinski definition) is 6. The van der Waals surface area contributed by atoms with Crippen LogP contribution in [0.3, 0.4) is 0 Å². The molecule has 0 bridgehead atoms. The summed E-state index contributed by atoms with van der Waals surface area (Å²) in [5.74, 6) is 0.174. The maximum absolute atomic E-state index is 11.1. The molecule has 0 saturated carbocycles. The molecule has 0 aliphatic heterocycles. The molecule has 2 rings (SSSR count). The first-order valence-electron chi connectivity index (χ1n) is 5.39. The Morgan fingerprint density at radius 3 is 2.76 bits per heavy atom. The SMILES string of the molecule is N#Cc1cc(I)c(Oc2ncc(N)cc2Br)c([N+](=O)[O-])c1. The molecule has 2 N–H and O–H groups in total. The first kappa shape index (κ1) is 15.5. The molecule has 7 nitrogen and oxygen atoms in total. The van der Waals surface area contributed by atoms with Crippen LogP contribution < -0.4 is 10.5 Å². The van der Waals surface area contributed by atoms with Crippen LogP contribution in [0.25, 0.3) is 0 Å². The van der Waals surface area contributed by atoms with Gasteiger partial charge < -0.3 is 10.5 Å². The van der Waals surface area contributed by atoms with Crippen LogP contribution >= 0.6 is 38.5 Å². The third-order valence-corrected chi connectivity index (χ3v) is 3.75. The summed E-state index contributed by atoms with van der Waals surface area (Å²) in [5, 5.41) is 20.0. The van der Waals surface area contributed by atoms with Gasteiger partial charge in [0.15, 0.2) is 0 Å². The van der Waals surface area contributed by atoms with Gasteiger partial charge in [-0.3, -0.25) is 10.1 Å². The van der Waals surface area contributed by atoms with Crippen molar-refractivity contribution in [2.45, 2.75) is 0 Å². The van der Waals surface area contributed by atoms with Gasteiger partial charge in [0.1, 0.15) is 0 Å². The molecule has 0 amide bonds. The van der Waals surface area contributed by atoms with Gasteiger partial charge in [-0.1, -0.05) is 0 Å². The second-order valence-corrected chi connectivity index (χ2v) is 5.85. The summed E-state index contributed by atoms with van der Waals surface area (Å²) in [5.41, 5.74) is 5.88. The second-order valence-electron chi connectivity index (χ2n) is 3.83. The van der Waals surface area contributed by atoms with Crippen LogP contribution in [0.1, 0.15) is 5.56 Å². The lowest BCUT2D eigenvalue weighted by atomic mass is 10.2. The van der Waals surface area contributed by atoms with Crippen LogP contribution in [-0.2, 0) is 0 Å². The average Bonchev–Trinajstić information content (AvgIpc) is 2.42. The molecule has 0 unspecified atom stereocenters. The molecule has 1 heterocycles. The summed E-state index contributed by atoms with van der Waals surface area (Å²) in [4.78, 5) is 14.5. The zero-order valence-corrected chi connectivity index (χ0v) is 14.0. The van der Waals surface area contributed by atoms with Crippen molar-refractivity contribution in [2.75, 3.05) is 5.73 Å². The zero-order chi connectivity index (χ0) is 15.6. The number of anilines is 1. The predicted molar refractivity (Wildman–Crippen MR) is 87.0 cm³/mol. The number of pyridine rings is 1. The van der Waals surface area contributed by atoms with E-state index in [1.54, 1.807) is 6.07 Å². The number of ether oxygens (including phenoxy) is 1. The van der Waals surface area contributed by atoms with Crippen molar-refractivity contribution in [1.82, 2.24) is 4.98 Å². The minimum absolute atomic E-state index is 0.0255. The van der Waals surface area contributed by atoms with Crippen molar-refractivity contribution in [1.29, 1.82) is 5.26 Å². The summed E-state index contributed by atoms with van der Waals surface area (Å²) < 4.78 is 6.42. The van der Waals surface area contributed by atoms with Crippen LogP contribution in [0.15, 0.2) is 28.9 Å². The zero-order valence-electron chi connectivity index (χ0n) is 10.2. The smallest absolute Gasteiger partial charge is 0.314 e. The lowest BCUT2D eigenvalue weighted by Crippen LogP contribution is -1.99. The van der Waals surface area contributed by atoms with Gasteiger partial charge in [0.2, 0.25) is 11.6 Å². The second kappa shape index (κ2) is 6.23. The highest BCUT2D eigenvalue weighted by molar-refractivity contribution is 14.1. The molecule has 0 atom stereocenters. The standard InChI is InChI=1S/C12H6BrIN4O3/c13-8-3-7(16)5-17-12(8)21-11-9(14)1-6(4-15)2-10(11)18(19)20/h1-3,5H,16H2. The van der Waals surface area contributed by atoms with E-state index in [9.17, 15) is 10.1 Å². The van der Waals surface area contributed by atoms with Gasteiger partial charge in [-0.15, -0.1) is 0 Å². The molecule has 21 heavy (non-hydrogen) atoms. The fourth-order valence-corrected chi connectivity index (χ4v) is 2.66. The van der Waals surface area contributed by atoms with Crippen LogP contribution in [-0.4, -0.2) is 9.91 Å². The van der Waals surface area contributed by atoms with Crippen molar-refractivity contribution in [2.24, 2.45) is 0 Å². The number of nitro groups is 1. The van der Waals surface area contributed by atoms with Gasteiger partial charge in [0.05, 0.1) is 36.5 Å². The number of nitrogens with zero attached hydrogens (tertiary/aromatic N) is 3. The molecule has 9 heteroatoms. The van der Waals surface area contributed by atoms with E-state index in [0.29, 0.717) is 13.7 Å². The van der Waals surface area contributed by atoms with E-state index in [1.165, 1.54) is 12.3 Å². The Morgan fingerprint density at radius 1 is 1.48 bits per heavy atom. The summed E-state index contributed by atoms with van der Waals surface area (Å²) in [6, 6.07) is 6.09. The van der Waals surface area contributed by atoms with E-state index in [0.717, 1.165) is 6.07 Å². The molecule has 1 aromatic carbocycles. The van der Waals surface area contributed by atoms with E-state index < -0.39 is 4.92 Å². The predicted octanol–water partition coefficient (Wildman–Crippen LogP) is 3.60. The van der Waals surface area contributed by atoms with Crippen molar-refractivity contribution >= 4 is 49.9 Å². The lowest BCUT2D eigenvalue weighted by molar-refractivity contribution is -0.385. The molecule has 0 radical (unpaired) electrons. The number of halogens is 2. The summed E-state index contributed by atoms with van der Waals surface area (Å²) in [7, 11) is 0. The number of nitrogen functional groups attached to an aromatic ring is 1. The van der Waals surface area contributed by atoms with Gasteiger partial charge in [-0.25, -0.2) is 4.98 Å². The quantitative estimate of drug-likeness (QED) is 0.425. The Hall–Kier alpha value is -1.93. The fraction of sp³-hybridized carbons (Fsp3) is 0. The molecule has 0 spiro atoms. The van der Waals surface area contributed by atoms with Crippen molar-refractivity contribution in [3.8, 4) is 17.7 Å². The van der Waals surface area contributed by atoms with Gasteiger partial charge in [0, 0.05) is 6.07 Å². The van der Waals surface area contributed by atoms with Crippen LogP contribution in [0.2, 0.25) is 0 Å². The van der Waals surface area contributed by atoms with Gasteiger partial charge in [-0.05, 0) is 50.7 Å². The lowest BCUT2D eigenvalue weighted by Gasteiger charge is -2.09. The molecular formula is C12H6BrIN4O3. The van der Waals surface area contributed by atoms with Crippen molar-refractivity contribution < 1.29 is 9.66 Å². The molecule has 2 aromatic rings. The van der Waals surface area contributed by atoms with E-state index in [1.807, 2.05) is 28.7 Å². The van der Waals surface area contributed by atoms with Gasteiger partial charge in [0.25, 0.3) is 0 Å². The fourth-order valence-electron chi connectivity index (χ4n) is 1.49. The normalized spacial score (nSPS) is 9.95. The number of nitro benzene ring substituents is 1. The number of hydrogen-bond donors (Lipinski definition) is 1. The van der Waals surface area contributed by atoms with E-state index in [2.05, 4.69) is 20.9 Å². The average molecular weight is 461 g/mol. The first-order chi connectivity index (χ1) is 9.92. The summed E-state index contributed by atoms with van der Waals surface area (Å²) in [6.45, 7) is 0.